The first kappa shape index (κ1) is 16.8. The monoisotopic (exact) mass is 259 g/mol. The van der Waals surface area contributed by atoms with E-state index in [0.717, 1.165) is 12.8 Å². The van der Waals surface area contributed by atoms with Crippen molar-refractivity contribution in [3.8, 4) is 0 Å². The molecule has 0 aliphatic carbocycles. The first-order chi connectivity index (χ1) is 7.62. The average molecular weight is 259 g/mol. The Balaban J connectivity index is 4.13. The quantitative estimate of drug-likeness (QED) is 0.752. The molecule has 102 valence electrons. The van der Waals surface area contributed by atoms with Crippen LogP contribution in [0.15, 0.2) is 0 Å². The van der Waals surface area contributed by atoms with Crippen LogP contribution in [0.4, 0.5) is 0 Å². The number of hydrogen-bond acceptors (Lipinski definition) is 2. The van der Waals surface area contributed by atoms with E-state index in [0.29, 0.717) is 6.42 Å². The van der Waals surface area contributed by atoms with Gasteiger partial charge in [-0.2, -0.15) is 11.8 Å². The van der Waals surface area contributed by atoms with E-state index in [4.69, 9.17) is 0 Å². The molecule has 0 aliphatic heterocycles. The summed E-state index contributed by atoms with van der Waals surface area (Å²) in [5.41, 5.74) is 0.110. The largest absolute Gasteiger partial charge is 0.354 e. The lowest BCUT2D eigenvalue weighted by molar-refractivity contribution is -0.123. The topological polar surface area (TPSA) is 29.1 Å². The molecule has 0 aliphatic rings. The normalized spacial score (nSPS) is 14.5. The predicted molar refractivity (Wildman–Crippen MR) is 78.5 cm³/mol. The highest BCUT2D eigenvalue weighted by Crippen LogP contribution is 2.27. The lowest BCUT2D eigenvalue weighted by Crippen LogP contribution is -2.38. The zero-order chi connectivity index (χ0) is 13.7. The Morgan fingerprint density at radius 3 is 2.24 bits per heavy atom. The van der Waals surface area contributed by atoms with Gasteiger partial charge in [-0.25, -0.2) is 0 Å². The van der Waals surface area contributed by atoms with Crippen molar-refractivity contribution in [1.82, 2.24) is 5.32 Å². The number of carbonyl (C=O) groups excluding carboxylic acids is 1. The number of rotatable bonds is 7. The van der Waals surface area contributed by atoms with Gasteiger partial charge in [0.05, 0.1) is 0 Å². The summed E-state index contributed by atoms with van der Waals surface area (Å²) in [5, 5.41) is 3.11. The highest BCUT2D eigenvalue weighted by atomic mass is 32.2. The second-order valence-corrected chi connectivity index (χ2v) is 7.84. The molecule has 1 amide bonds. The van der Waals surface area contributed by atoms with Gasteiger partial charge in [0, 0.05) is 17.2 Å². The zero-order valence-corrected chi connectivity index (χ0v) is 13.3. The van der Waals surface area contributed by atoms with Crippen LogP contribution in [0, 0.1) is 5.41 Å². The summed E-state index contributed by atoms with van der Waals surface area (Å²) in [5.74, 6) is 0.182. The molecule has 0 fully saturated rings. The SMILES string of the molecule is CCC(C)(C)CC(=O)NC(C)CC(C)(C)SC. The standard InChI is InChI=1S/C14H29NOS/c1-8-13(3,4)10-12(16)15-11(2)9-14(5,6)17-7/h11H,8-10H2,1-7H3,(H,15,16). The van der Waals surface area contributed by atoms with Gasteiger partial charge in [0.15, 0.2) is 0 Å². The Morgan fingerprint density at radius 2 is 1.82 bits per heavy atom. The molecule has 2 nitrogen and oxygen atoms in total. The first-order valence-corrected chi connectivity index (χ1v) is 7.69. The number of carbonyl (C=O) groups is 1. The molecule has 0 rings (SSSR count). The summed E-state index contributed by atoms with van der Waals surface area (Å²) >= 11 is 1.85. The molecule has 1 unspecified atom stereocenters. The predicted octanol–water partition coefficient (Wildman–Crippen LogP) is 3.85. The van der Waals surface area contributed by atoms with Gasteiger partial charge in [0.2, 0.25) is 5.91 Å². The van der Waals surface area contributed by atoms with E-state index in [1.165, 1.54) is 0 Å². The molecule has 0 aromatic rings. The third-order valence-electron chi connectivity index (χ3n) is 3.35. The van der Waals surface area contributed by atoms with E-state index in [-0.39, 0.29) is 22.1 Å². The van der Waals surface area contributed by atoms with Crippen molar-refractivity contribution in [2.24, 2.45) is 5.41 Å². The Morgan fingerprint density at radius 1 is 1.29 bits per heavy atom. The van der Waals surface area contributed by atoms with Crippen molar-refractivity contribution < 1.29 is 4.79 Å². The molecule has 0 radical (unpaired) electrons. The third kappa shape index (κ3) is 7.69. The van der Waals surface area contributed by atoms with Crippen LogP contribution >= 0.6 is 11.8 Å². The molecular formula is C14H29NOS. The molecule has 0 aromatic heterocycles. The third-order valence-corrected chi connectivity index (χ3v) is 4.63. The number of amides is 1. The average Bonchev–Trinajstić information content (AvgIpc) is 2.15. The van der Waals surface area contributed by atoms with E-state index in [1.54, 1.807) is 0 Å². The van der Waals surface area contributed by atoms with Gasteiger partial charge in [0.1, 0.15) is 0 Å². The molecule has 0 heterocycles. The second kappa shape index (κ2) is 6.67. The highest BCUT2D eigenvalue weighted by molar-refractivity contribution is 7.99. The van der Waals surface area contributed by atoms with Crippen LogP contribution in [0.1, 0.15) is 60.8 Å². The minimum Gasteiger partial charge on any atom is -0.354 e. The number of hydrogen-bond donors (Lipinski definition) is 1. The van der Waals surface area contributed by atoms with E-state index in [9.17, 15) is 4.79 Å². The van der Waals surface area contributed by atoms with E-state index >= 15 is 0 Å². The Bertz CT molecular complexity index is 249. The van der Waals surface area contributed by atoms with Crippen LogP contribution in [-0.2, 0) is 4.79 Å². The van der Waals surface area contributed by atoms with Gasteiger partial charge in [-0.05, 0) is 25.0 Å². The molecule has 3 heteroatoms. The Labute approximate surface area is 111 Å². The van der Waals surface area contributed by atoms with E-state index in [2.05, 4.69) is 53.1 Å². The molecular weight excluding hydrogens is 230 g/mol. The fraction of sp³-hybridized carbons (Fsp3) is 0.929. The van der Waals surface area contributed by atoms with Crippen molar-refractivity contribution in [2.45, 2.75) is 71.6 Å². The summed E-state index contributed by atoms with van der Waals surface area (Å²) in [7, 11) is 0. The lowest BCUT2D eigenvalue weighted by atomic mass is 9.86. The molecule has 1 atom stereocenters. The van der Waals surface area contributed by atoms with Crippen molar-refractivity contribution in [2.75, 3.05) is 6.26 Å². The zero-order valence-electron chi connectivity index (χ0n) is 12.5. The molecule has 0 saturated carbocycles. The summed E-state index contributed by atoms with van der Waals surface area (Å²) in [6.45, 7) is 12.9. The lowest BCUT2D eigenvalue weighted by Gasteiger charge is -2.28. The minimum absolute atomic E-state index is 0.110. The number of nitrogens with one attached hydrogen (secondary N) is 1. The summed E-state index contributed by atoms with van der Waals surface area (Å²) in [4.78, 5) is 11.9. The van der Waals surface area contributed by atoms with Crippen LogP contribution in [0.3, 0.4) is 0 Å². The van der Waals surface area contributed by atoms with Crippen LogP contribution in [0.25, 0.3) is 0 Å². The van der Waals surface area contributed by atoms with Crippen molar-refractivity contribution in [3.05, 3.63) is 0 Å². The summed E-state index contributed by atoms with van der Waals surface area (Å²) in [6, 6.07) is 0.248. The maximum absolute atomic E-state index is 11.9. The fourth-order valence-electron chi connectivity index (χ4n) is 1.76. The van der Waals surface area contributed by atoms with Gasteiger partial charge in [0.25, 0.3) is 0 Å². The van der Waals surface area contributed by atoms with Gasteiger partial charge in [-0.3, -0.25) is 4.79 Å². The minimum atomic E-state index is 0.110. The summed E-state index contributed by atoms with van der Waals surface area (Å²) < 4.78 is 0.229. The molecule has 0 spiro atoms. The smallest absolute Gasteiger partial charge is 0.220 e. The van der Waals surface area contributed by atoms with Gasteiger partial charge in [-0.1, -0.05) is 41.0 Å². The molecule has 1 N–H and O–H groups in total. The van der Waals surface area contributed by atoms with Crippen LogP contribution in [0.5, 0.6) is 0 Å². The molecule has 0 bridgehead atoms. The first-order valence-electron chi connectivity index (χ1n) is 6.46. The van der Waals surface area contributed by atoms with Gasteiger partial charge in [-0.15, -0.1) is 0 Å². The number of thioether (sulfide) groups is 1. The van der Waals surface area contributed by atoms with Crippen molar-refractivity contribution in [1.29, 1.82) is 0 Å². The second-order valence-electron chi connectivity index (χ2n) is 6.33. The van der Waals surface area contributed by atoms with Crippen molar-refractivity contribution >= 4 is 17.7 Å². The van der Waals surface area contributed by atoms with Crippen LogP contribution in [-0.4, -0.2) is 23.0 Å². The molecule has 0 aromatic carbocycles. The Kier molecular flexibility index (Phi) is 6.60. The maximum Gasteiger partial charge on any atom is 0.220 e. The van der Waals surface area contributed by atoms with Gasteiger partial charge < -0.3 is 5.32 Å². The molecule has 0 saturated heterocycles. The van der Waals surface area contributed by atoms with E-state index in [1.807, 2.05) is 11.8 Å². The van der Waals surface area contributed by atoms with Gasteiger partial charge >= 0.3 is 0 Å². The molecule has 17 heavy (non-hydrogen) atoms. The van der Waals surface area contributed by atoms with Crippen LogP contribution < -0.4 is 5.32 Å². The summed E-state index contributed by atoms with van der Waals surface area (Å²) in [6.07, 6.45) is 4.78. The maximum atomic E-state index is 11.9. The fourth-order valence-corrected chi connectivity index (χ4v) is 2.17. The van der Waals surface area contributed by atoms with Crippen LogP contribution in [0.2, 0.25) is 0 Å². The van der Waals surface area contributed by atoms with Crippen molar-refractivity contribution in [3.63, 3.8) is 0 Å². The highest BCUT2D eigenvalue weighted by Gasteiger charge is 2.23. The van der Waals surface area contributed by atoms with E-state index < -0.39 is 0 Å². The Hall–Kier alpha value is -0.180.